The molecule has 0 heterocycles. The van der Waals surface area contributed by atoms with Crippen molar-refractivity contribution < 1.29 is 0 Å². The van der Waals surface area contributed by atoms with E-state index in [1.807, 2.05) is 0 Å². The van der Waals surface area contributed by atoms with Crippen LogP contribution in [0, 0.1) is 17.8 Å². The molecule has 0 aromatic heterocycles. The molecule has 0 spiro atoms. The van der Waals surface area contributed by atoms with Crippen molar-refractivity contribution in [3.05, 3.63) is 29.8 Å². The van der Waals surface area contributed by atoms with E-state index >= 15 is 0 Å². The number of rotatable bonds is 4. The highest BCUT2D eigenvalue weighted by Crippen LogP contribution is 2.35. The van der Waals surface area contributed by atoms with Crippen LogP contribution in [0.3, 0.4) is 0 Å². The van der Waals surface area contributed by atoms with Crippen LogP contribution < -0.4 is 5.32 Å². The molecule has 1 aromatic rings. The molecule has 1 N–H and O–H groups in total. The van der Waals surface area contributed by atoms with Gasteiger partial charge in [-0.25, -0.2) is 0 Å². The first-order chi connectivity index (χ1) is 9.47. The average Bonchev–Trinajstić information content (AvgIpc) is 2.39. The third-order valence-electron chi connectivity index (χ3n) is 4.95. The van der Waals surface area contributed by atoms with Gasteiger partial charge < -0.3 is 5.32 Å². The molecular formula is C19H31N. The molecule has 1 heteroatoms. The molecular weight excluding hydrogens is 242 g/mol. The molecule has 1 aliphatic carbocycles. The van der Waals surface area contributed by atoms with Gasteiger partial charge in [-0.2, -0.15) is 0 Å². The lowest BCUT2D eigenvalue weighted by atomic mass is 9.74. The number of benzene rings is 1. The molecule has 1 aromatic carbocycles. The van der Waals surface area contributed by atoms with Gasteiger partial charge in [0.25, 0.3) is 0 Å². The minimum atomic E-state index is 0.613. The Morgan fingerprint density at radius 3 is 2.20 bits per heavy atom. The largest absolute Gasteiger partial charge is 0.382 e. The standard InChI is InChI=1S/C19H31N/c1-13(2)16-7-9-17(10-8-16)20-19-12-15(5)6-11-18(19)14(3)4/h7-10,13-15,18-20H,6,11-12H2,1-5H3. The topological polar surface area (TPSA) is 12.0 Å². The second-order valence-corrected chi connectivity index (χ2v) is 7.35. The Bertz CT molecular complexity index is 404. The van der Waals surface area contributed by atoms with Gasteiger partial charge in [-0.3, -0.25) is 0 Å². The van der Waals surface area contributed by atoms with Crippen LogP contribution >= 0.6 is 0 Å². The van der Waals surface area contributed by atoms with E-state index in [-0.39, 0.29) is 0 Å². The zero-order chi connectivity index (χ0) is 14.7. The molecule has 0 aliphatic heterocycles. The molecule has 1 fully saturated rings. The summed E-state index contributed by atoms with van der Waals surface area (Å²) in [6.45, 7) is 11.6. The lowest BCUT2D eigenvalue weighted by Gasteiger charge is -2.38. The maximum Gasteiger partial charge on any atom is 0.0342 e. The van der Waals surface area contributed by atoms with E-state index in [2.05, 4.69) is 64.2 Å². The summed E-state index contributed by atoms with van der Waals surface area (Å²) in [6, 6.07) is 9.69. The van der Waals surface area contributed by atoms with Gasteiger partial charge in [-0.05, 0) is 54.2 Å². The third kappa shape index (κ3) is 3.77. The first-order valence-electron chi connectivity index (χ1n) is 8.34. The Kier molecular flexibility index (Phi) is 5.12. The monoisotopic (exact) mass is 273 g/mol. The summed E-state index contributed by atoms with van der Waals surface area (Å²) in [5.74, 6) is 3.06. The molecule has 20 heavy (non-hydrogen) atoms. The maximum atomic E-state index is 3.81. The average molecular weight is 273 g/mol. The fourth-order valence-electron chi connectivity index (χ4n) is 3.55. The quantitative estimate of drug-likeness (QED) is 0.744. The minimum absolute atomic E-state index is 0.613. The molecule has 0 bridgehead atoms. The fraction of sp³-hybridized carbons (Fsp3) is 0.684. The van der Waals surface area contributed by atoms with Gasteiger partial charge in [-0.1, -0.05) is 53.2 Å². The highest BCUT2D eigenvalue weighted by atomic mass is 14.9. The molecule has 3 unspecified atom stereocenters. The second-order valence-electron chi connectivity index (χ2n) is 7.35. The Balaban J connectivity index is 2.05. The summed E-state index contributed by atoms with van der Waals surface area (Å²) >= 11 is 0. The molecule has 1 aliphatic rings. The van der Waals surface area contributed by atoms with Crippen LogP contribution in [-0.2, 0) is 0 Å². The van der Waals surface area contributed by atoms with Crippen LogP contribution in [0.15, 0.2) is 24.3 Å². The molecule has 3 atom stereocenters. The van der Waals surface area contributed by atoms with Crippen molar-refractivity contribution in [2.75, 3.05) is 5.32 Å². The van der Waals surface area contributed by atoms with Crippen LogP contribution in [0.5, 0.6) is 0 Å². The number of hydrogen-bond donors (Lipinski definition) is 1. The molecule has 1 saturated carbocycles. The van der Waals surface area contributed by atoms with Crippen molar-refractivity contribution in [3.8, 4) is 0 Å². The van der Waals surface area contributed by atoms with Crippen molar-refractivity contribution in [1.82, 2.24) is 0 Å². The van der Waals surface area contributed by atoms with Gasteiger partial charge >= 0.3 is 0 Å². The van der Waals surface area contributed by atoms with Gasteiger partial charge in [0.05, 0.1) is 0 Å². The summed E-state index contributed by atoms with van der Waals surface area (Å²) in [5.41, 5.74) is 2.71. The maximum absolute atomic E-state index is 3.81. The van der Waals surface area contributed by atoms with E-state index in [0.29, 0.717) is 12.0 Å². The highest BCUT2D eigenvalue weighted by molar-refractivity contribution is 5.46. The van der Waals surface area contributed by atoms with Gasteiger partial charge in [-0.15, -0.1) is 0 Å². The second kappa shape index (κ2) is 6.65. The Labute approximate surface area is 125 Å². The van der Waals surface area contributed by atoms with Gasteiger partial charge in [0.1, 0.15) is 0 Å². The summed E-state index contributed by atoms with van der Waals surface area (Å²) < 4.78 is 0. The predicted octanol–water partition coefficient (Wildman–Crippen LogP) is 5.68. The lowest BCUT2D eigenvalue weighted by molar-refractivity contribution is 0.212. The smallest absolute Gasteiger partial charge is 0.0342 e. The first kappa shape index (κ1) is 15.4. The molecule has 1 nitrogen and oxygen atoms in total. The lowest BCUT2D eigenvalue weighted by Crippen LogP contribution is -2.37. The van der Waals surface area contributed by atoms with E-state index in [0.717, 1.165) is 17.8 Å². The first-order valence-corrected chi connectivity index (χ1v) is 8.34. The Hall–Kier alpha value is -0.980. The van der Waals surface area contributed by atoms with Crippen LogP contribution in [0.25, 0.3) is 0 Å². The van der Waals surface area contributed by atoms with Crippen LogP contribution in [-0.4, -0.2) is 6.04 Å². The van der Waals surface area contributed by atoms with Gasteiger partial charge in [0.15, 0.2) is 0 Å². The normalized spacial score (nSPS) is 27.1. The van der Waals surface area contributed by atoms with Crippen LogP contribution in [0.2, 0.25) is 0 Å². The summed E-state index contributed by atoms with van der Waals surface area (Å²) in [7, 11) is 0. The Morgan fingerprint density at radius 2 is 1.65 bits per heavy atom. The van der Waals surface area contributed by atoms with E-state index in [1.165, 1.54) is 30.5 Å². The van der Waals surface area contributed by atoms with Crippen LogP contribution in [0.4, 0.5) is 5.69 Å². The molecule has 0 saturated heterocycles. The van der Waals surface area contributed by atoms with Crippen molar-refractivity contribution >= 4 is 5.69 Å². The van der Waals surface area contributed by atoms with Gasteiger partial charge in [0, 0.05) is 11.7 Å². The van der Waals surface area contributed by atoms with E-state index in [4.69, 9.17) is 0 Å². The molecule has 112 valence electrons. The van der Waals surface area contributed by atoms with Gasteiger partial charge in [0.2, 0.25) is 0 Å². The van der Waals surface area contributed by atoms with E-state index in [1.54, 1.807) is 0 Å². The summed E-state index contributed by atoms with van der Waals surface area (Å²) in [6.07, 6.45) is 4.09. The Morgan fingerprint density at radius 1 is 1.00 bits per heavy atom. The molecule has 2 rings (SSSR count). The molecule has 0 radical (unpaired) electrons. The van der Waals surface area contributed by atoms with E-state index < -0.39 is 0 Å². The minimum Gasteiger partial charge on any atom is -0.382 e. The zero-order valence-electron chi connectivity index (χ0n) is 13.8. The third-order valence-corrected chi connectivity index (χ3v) is 4.95. The van der Waals surface area contributed by atoms with Crippen LogP contribution in [0.1, 0.15) is 65.4 Å². The van der Waals surface area contributed by atoms with E-state index in [9.17, 15) is 0 Å². The van der Waals surface area contributed by atoms with Crippen molar-refractivity contribution in [2.24, 2.45) is 17.8 Å². The highest BCUT2D eigenvalue weighted by Gasteiger charge is 2.30. The van der Waals surface area contributed by atoms with Crippen molar-refractivity contribution in [3.63, 3.8) is 0 Å². The summed E-state index contributed by atoms with van der Waals surface area (Å²) in [5, 5.41) is 3.81. The number of hydrogen-bond acceptors (Lipinski definition) is 1. The zero-order valence-corrected chi connectivity index (χ0v) is 13.8. The SMILES string of the molecule is CC1CCC(C(C)C)C(Nc2ccc(C(C)C)cc2)C1. The number of anilines is 1. The molecule has 0 amide bonds. The summed E-state index contributed by atoms with van der Waals surface area (Å²) in [4.78, 5) is 0. The van der Waals surface area contributed by atoms with Crippen molar-refractivity contribution in [1.29, 1.82) is 0 Å². The number of nitrogens with one attached hydrogen (secondary N) is 1. The predicted molar refractivity (Wildman–Crippen MR) is 89.3 cm³/mol. The van der Waals surface area contributed by atoms with Crippen molar-refractivity contribution in [2.45, 2.75) is 65.8 Å². The fourth-order valence-corrected chi connectivity index (χ4v) is 3.55.